The van der Waals surface area contributed by atoms with Crippen LogP contribution in [0.1, 0.15) is 29.4 Å². The normalized spacial score (nSPS) is 12.6. The molecular weight excluding hydrogens is 274 g/mol. The summed E-state index contributed by atoms with van der Waals surface area (Å²) >= 11 is 0. The summed E-state index contributed by atoms with van der Waals surface area (Å²) in [7, 11) is 0. The highest BCUT2D eigenvalue weighted by Gasteiger charge is 2.11. The first kappa shape index (κ1) is 14.8. The van der Waals surface area contributed by atoms with Crippen LogP contribution in [0.4, 0.5) is 0 Å². The minimum Gasteiger partial charge on any atom is -0.396 e. The molecule has 22 heavy (non-hydrogen) atoms. The van der Waals surface area contributed by atoms with E-state index in [1.54, 1.807) is 0 Å². The highest BCUT2D eigenvalue weighted by Crippen LogP contribution is 2.17. The van der Waals surface area contributed by atoms with Crippen molar-refractivity contribution >= 4 is 5.65 Å². The summed E-state index contributed by atoms with van der Waals surface area (Å²) in [4.78, 5) is 4.64. The van der Waals surface area contributed by atoms with Crippen molar-refractivity contribution in [3.63, 3.8) is 0 Å². The van der Waals surface area contributed by atoms with Gasteiger partial charge in [0.05, 0.1) is 5.69 Å². The maximum absolute atomic E-state index is 9.29. The first-order valence-electron chi connectivity index (χ1n) is 7.60. The molecule has 1 aromatic carbocycles. The van der Waals surface area contributed by atoms with Crippen LogP contribution in [-0.4, -0.2) is 21.1 Å². The number of rotatable bonds is 6. The highest BCUT2D eigenvalue weighted by molar-refractivity contribution is 5.41. The third-order valence-corrected chi connectivity index (χ3v) is 3.90. The Bertz CT molecular complexity index is 736. The standard InChI is InChI=1S/C18H21N3O/c1-14-6-5-9-18-20-16(13-21(14)18)12-19-17(10-11-22)15-7-3-2-4-8-15/h2-9,13,17,19,22H,10-12H2,1H3. The van der Waals surface area contributed by atoms with E-state index in [9.17, 15) is 5.11 Å². The van der Waals surface area contributed by atoms with Crippen molar-refractivity contribution in [2.45, 2.75) is 25.9 Å². The average Bonchev–Trinajstić information content (AvgIpc) is 2.97. The number of imidazole rings is 1. The van der Waals surface area contributed by atoms with Crippen LogP contribution in [0.5, 0.6) is 0 Å². The molecule has 3 aromatic rings. The topological polar surface area (TPSA) is 49.6 Å². The van der Waals surface area contributed by atoms with Gasteiger partial charge in [0, 0.05) is 31.1 Å². The molecule has 2 heterocycles. The number of hydrogen-bond donors (Lipinski definition) is 2. The van der Waals surface area contributed by atoms with Gasteiger partial charge in [0.2, 0.25) is 0 Å². The number of aliphatic hydroxyl groups excluding tert-OH is 1. The SMILES string of the molecule is Cc1cccc2nc(CNC(CCO)c3ccccc3)cn12. The number of nitrogens with one attached hydrogen (secondary N) is 1. The van der Waals surface area contributed by atoms with Crippen molar-refractivity contribution in [3.05, 3.63) is 71.7 Å². The molecule has 1 atom stereocenters. The van der Waals surface area contributed by atoms with E-state index >= 15 is 0 Å². The van der Waals surface area contributed by atoms with Crippen LogP contribution in [0, 0.1) is 6.92 Å². The Hall–Kier alpha value is -2.17. The second-order valence-corrected chi connectivity index (χ2v) is 5.48. The molecule has 0 saturated heterocycles. The second kappa shape index (κ2) is 6.73. The van der Waals surface area contributed by atoms with Gasteiger partial charge >= 0.3 is 0 Å². The minimum absolute atomic E-state index is 0.136. The quantitative estimate of drug-likeness (QED) is 0.735. The number of hydrogen-bond acceptors (Lipinski definition) is 3. The number of aryl methyl sites for hydroxylation is 1. The molecule has 4 nitrogen and oxygen atoms in total. The van der Waals surface area contributed by atoms with E-state index in [4.69, 9.17) is 0 Å². The average molecular weight is 295 g/mol. The van der Waals surface area contributed by atoms with Crippen LogP contribution in [0.3, 0.4) is 0 Å². The van der Waals surface area contributed by atoms with Crippen molar-refractivity contribution in [2.75, 3.05) is 6.61 Å². The predicted octanol–water partition coefficient (Wildman–Crippen LogP) is 2.86. The molecule has 3 rings (SSSR count). The first-order chi connectivity index (χ1) is 10.8. The molecule has 1 unspecified atom stereocenters. The van der Waals surface area contributed by atoms with E-state index in [1.807, 2.05) is 30.3 Å². The van der Waals surface area contributed by atoms with Gasteiger partial charge in [0.15, 0.2) is 0 Å². The summed E-state index contributed by atoms with van der Waals surface area (Å²) in [6, 6.07) is 16.5. The Labute approximate surface area is 130 Å². The Morgan fingerprint density at radius 3 is 2.68 bits per heavy atom. The van der Waals surface area contributed by atoms with Gasteiger partial charge in [0.1, 0.15) is 5.65 Å². The van der Waals surface area contributed by atoms with Crippen molar-refractivity contribution in [2.24, 2.45) is 0 Å². The van der Waals surface area contributed by atoms with Crippen LogP contribution in [0.2, 0.25) is 0 Å². The molecule has 0 bridgehead atoms. The summed E-state index contributed by atoms with van der Waals surface area (Å²) in [6.45, 7) is 2.92. The molecule has 0 saturated carbocycles. The molecule has 0 radical (unpaired) electrons. The summed E-state index contributed by atoms with van der Waals surface area (Å²) in [5, 5.41) is 12.8. The molecule has 4 heteroatoms. The molecule has 0 fully saturated rings. The lowest BCUT2D eigenvalue weighted by Gasteiger charge is -2.17. The van der Waals surface area contributed by atoms with E-state index in [1.165, 1.54) is 11.3 Å². The zero-order valence-corrected chi connectivity index (χ0v) is 12.7. The molecule has 114 valence electrons. The van der Waals surface area contributed by atoms with Crippen molar-refractivity contribution in [1.29, 1.82) is 0 Å². The van der Waals surface area contributed by atoms with Gasteiger partial charge in [-0.2, -0.15) is 0 Å². The third kappa shape index (κ3) is 3.18. The van der Waals surface area contributed by atoms with E-state index in [0.29, 0.717) is 13.0 Å². The molecule has 2 N–H and O–H groups in total. The van der Waals surface area contributed by atoms with Crippen molar-refractivity contribution in [3.8, 4) is 0 Å². The number of pyridine rings is 1. The molecule has 0 aliphatic rings. The maximum Gasteiger partial charge on any atom is 0.137 e. The first-order valence-corrected chi connectivity index (χ1v) is 7.60. The minimum atomic E-state index is 0.136. The van der Waals surface area contributed by atoms with Gasteiger partial charge < -0.3 is 14.8 Å². The molecule has 0 aliphatic carbocycles. The van der Waals surface area contributed by atoms with E-state index in [0.717, 1.165) is 11.3 Å². The Kier molecular flexibility index (Phi) is 4.51. The predicted molar refractivity (Wildman–Crippen MR) is 87.7 cm³/mol. The Balaban J connectivity index is 1.75. The third-order valence-electron chi connectivity index (χ3n) is 3.90. The van der Waals surface area contributed by atoms with Gasteiger partial charge in [-0.15, -0.1) is 0 Å². The van der Waals surface area contributed by atoms with Crippen molar-refractivity contribution < 1.29 is 5.11 Å². The number of fused-ring (bicyclic) bond motifs is 1. The molecule has 0 amide bonds. The summed E-state index contributed by atoms with van der Waals surface area (Å²) in [5.74, 6) is 0. The number of benzene rings is 1. The van der Waals surface area contributed by atoms with Crippen LogP contribution in [0.15, 0.2) is 54.7 Å². The summed E-state index contributed by atoms with van der Waals surface area (Å²) < 4.78 is 2.10. The lowest BCUT2D eigenvalue weighted by atomic mass is 10.0. The van der Waals surface area contributed by atoms with Gasteiger partial charge in [-0.05, 0) is 31.0 Å². The fourth-order valence-corrected chi connectivity index (χ4v) is 2.71. The Morgan fingerprint density at radius 2 is 1.95 bits per heavy atom. The second-order valence-electron chi connectivity index (χ2n) is 5.48. The molecule has 0 spiro atoms. The summed E-state index contributed by atoms with van der Waals surface area (Å²) in [5.41, 5.74) is 4.34. The van der Waals surface area contributed by atoms with Crippen LogP contribution in [-0.2, 0) is 6.54 Å². The zero-order chi connectivity index (χ0) is 15.4. The molecule has 2 aromatic heterocycles. The van der Waals surface area contributed by atoms with Gasteiger partial charge in [0.25, 0.3) is 0 Å². The fourth-order valence-electron chi connectivity index (χ4n) is 2.71. The monoisotopic (exact) mass is 295 g/mol. The molecule has 0 aliphatic heterocycles. The number of nitrogens with zero attached hydrogens (tertiary/aromatic N) is 2. The van der Waals surface area contributed by atoms with E-state index in [-0.39, 0.29) is 12.6 Å². The van der Waals surface area contributed by atoms with Gasteiger partial charge in [-0.25, -0.2) is 4.98 Å². The lowest BCUT2D eigenvalue weighted by molar-refractivity contribution is 0.265. The highest BCUT2D eigenvalue weighted by atomic mass is 16.3. The van der Waals surface area contributed by atoms with E-state index < -0.39 is 0 Å². The smallest absolute Gasteiger partial charge is 0.137 e. The number of aromatic nitrogens is 2. The van der Waals surface area contributed by atoms with Gasteiger partial charge in [-0.3, -0.25) is 0 Å². The summed E-state index contributed by atoms with van der Waals surface area (Å²) in [6.07, 6.45) is 2.76. The van der Waals surface area contributed by atoms with Crippen LogP contribution >= 0.6 is 0 Å². The largest absolute Gasteiger partial charge is 0.396 e. The molecular formula is C18H21N3O. The Morgan fingerprint density at radius 1 is 1.14 bits per heavy atom. The maximum atomic E-state index is 9.29. The van der Waals surface area contributed by atoms with Crippen LogP contribution in [0.25, 0.3) is 5.65 Å². The number of aliphatic hydroxyl groups is 1. The zero-order valence-electron chi connectivity index (χ0n) is 12.7. The van der Waals surface area contributed by atoms with E-state index in [2.05, 4.69) is 46.0 Å². The lowest BCUT2D eigenvalue weighted by Crippen LogP contribution is -2.22. The van der Waals surface area contributed by atoms with Crippen LogP contribution < -0.4 is 5.32 Å². The van der Waals surface area contributed by atoms with Crippen molar-refractivity contribution in [1.82, 2.24) is 14.7 Å². The van der Waals surface area contributed by atoms with Gasteiger partial charge in [-0.1, -0.05) is 36.4 Å². The fraction of sp³-hybridized carbons (Fsp3) is 0.278.